The molecule has 0 spiro atoms. The van der Waals surface area contributed by atoms with E-state index in [1.54, 1.807) is 0 Å². The van der Waals surface area contributed by atoms with Crippen LogP contribution in [0.15, 0.2) is 47.5 Å². The Balaban J connectivity index is 0.000000817. The number of aryl methyl sites for hydroxylation is 1. The van der Waals surface area contributed by atoms with Gasteiger partial charge in [-0.25, -0.2) is 0 Å². The summed E-state index contributed by atoms with van der Waals surface area (Å²) in [7, 11) is 9.87. The van der Waals surface area contributed by atoms with Crippen molar-refractivity contribution in [2.24, 2.45) is 16.8 Å². The van der Waals surface area contributed by atoms with Gasteiger partial charge in [0, 0.05) is 11.8 Å². The van der Waals surface area contributed by atoms with Gasteiger partial charge in [0.25, 0.3) is 0 Å². The van der Waals surface area contributed by atoms with Gasteiger partial charge in [0.1, 0.15) is 5.75 Å². The van der Waals surface area contributed by atoms with Crippen molar-refractivity contribution in [1.82, 2.24) is 0 Å². The molecule has 27 heavy (non-hydrogen) atoms. The fourth-order valence-electron chi connectivity index (χ4n) is 3.65. The number of halogens is 2. The van der Waals surface area contributed by atoms with E-state index in [0.717, 1.165) is 34.6 Å². The molecule has 0 aliphatic heterocycles. The van der Waals surface area contributed by atoms with Crippen LogP contribution in [-0.4, -0.2) is 17.4 Å². The predicted molar refractivity (Wildman–Crippen MR) is 114 cm³/mol. The number of phenolic OH excluding ortho intramolecular Hbond substituents is 1. The summed E-state index contributed by atoms with van der Waals surface area (Å²) in [6, 6.07) is 14.6. The molecule has 5 heteroatoms. The molecule has 0 saturated heterocycles. The van der Waals surface area contributed by atoms with Gasteiger partial charge in [-0.15, -0.1) is 0 Å². The van der Waals surface area contributed by atoms with Crippen LogP contribution in [0.25, 0.3) is 11.1 Å². The maximum atomic E-state index is 10.6. The van der Waals surface area contributed by atoms with Gasteiger partial charge >= 0.3 is 37.9 Å². The summed E-state index contributed by atoms with van der Waals surface area (Å²) in [4.78, 5) is 4.89. The van der Waals surface area contributed by atoms with Gasteiger partial charge in [-0.1, -0.05) is 69.2 Å². The van der Waals surface area contributed by atoms with Crippen molar-refractivity contribution >= 4 is 23.2 Å². The molecule has 2 aromatic rings. The maximum absolute atomic E-state index is 10.6. The van der Waals surface area contributed by atoms with Crippen molar-refractivity contribution in [1.29, 1.82) is 0 Å². The molecule has 3 unspecified atom stereocenters. The van der Waals surface area contributed by atoms with Gasteiger partial charge in [0.15, 0.2) is 0 Å². The van der Waals surface area contributed by atoms with Crippen LogP contribution < -0.4 is 0 Å². The number of phenols is 1. The first-order valence-corrected chi connectivity index (χ1v) is 15.7. The minimum absolute atomic E-state index is 0.344. The molecule has 1 saturated carbocycles. The molecule has 2 nitrogen and oxygen atoms in total. The molecule has 0 heterocycles. The quantitative estimate of drug-likeness (QED) is 0.469. The number of aliphatic imine (C=N–C) groups is 1. The van der Waals surface area contributed by atoms with E-state index in [9.17, 15) is 5.11 Å². The van der Waals surface area contributed by atoms with Gasteiger partial charge in [-0.05, 0) is 41.9 Å². The van der Waals surface area contributed by atoms with Crippen LogP contribution in [0.2, 0.25) is 0 Å². The fraction of sp³-hybridized carbons (Fsp3) is 0.409. The topological polar surface area (TPSA) is 32.6 Å². The Labute approximate surface area is 181 Å². The number of aromatic hydroxyl groups is 1. The van der Waals surface area contributed by atoms with Crippen molar-refractivity contribution < 1.29 is 26.0 Å². The Morgan fingerprint density at radius 1 is 1.07 bits per heavy atom. The zero-order chi connectivity index (χ0) is 19.8. The molecule has 2 aromatic carbocycles. The number of rotatable bonds is 3. The minimum atomic E-state index is -0.826. The third kappa shape index (κ3) is 6.18. The van der Waals surface area contributed by atoms with Gasteiger partial charge in [-0.2, -0.15) is 0 Å². The molecule has 144 valence electrons. The van der Waals surface area contributed by atoms with Gasteiger partial charge in [-0.3, -0.25) is 4.99 Å². The van der Waals surface area contributed by atoms with E-state index < -0.39 is 20.8 Å². The third-order valence-electron chi connectivity index (χ3n) is 5.56. The second kappa shape index (κ2) is 11.4. The van der Waals surface area contributed by atoms with E-state index in [-0.39, 0.29) is 0 Å². The van der Waals surface area contributed by atoms with Crippen molar-refractivity contribution in [2.45, 2.75) is 46.1 Å². The Morgan fingerprint density at radius 3 is 2.41 bits per heavy atom. The van der Waals surface area contributed by atoms with Crippen molar-refractivity contribution in [3.8, 4) is 16.9 Å². The van der Waals surface area contributed by atoms with Crippen LogP contribution in [0.4, 0.5) is 0 Å². The molecule has 1 aliphatic carbocycles. The third-order valence-corrected chi connectivity index (χ3v) is 5.56. The second-order valence-electron chi connectivity index (χ2n) is 7.24. The first-order chi connectivity index (χ1) is 13.0. The molecule has 1 fully saturated rings. The standard InChI is InChI=1S/C22H27NO.2ClH.Zr/c1-15-8-7-11-21(17(15)3)23-14-20-19(13-12-16(2)22(20)24)18-9-5-4-6-10-18;;;/h4-6,9-10,12-15,17,21,24H,7-8,11H2,1-3H3;2*1H;/q;;;+2/p-2. The Morgan fingerprint density at radius 2 is 1.74 bits per heavy atom. The Bertz CT molecular complexity index is 751. The number of nitrogens with zero attached hydrogens (tertiary/aromatic N) is 1. The summed E-state index contributed by atoms with van der Waals surface area (Å²) >= 11 is -0.826. The molecule has 3 rings (SSSR count). The van der Waals surface area contributed by atoms with Gasteiger partial charge in [0.05, 0.1) is 6.04 Å². The molecule has 0 bridgehead atoms. The molecule has 0 radical (unpaired) electrons. The van der Waals surface area contributed by atoms with E-state index in [1.165, 1.54) is 12.8 Å². The van der Waals surface area contributed by atoms with Crippen molar-refractivity contribution in [3.63, 3.8) is 0 Å². The van der Waals surface area contributed by atoms with Crippen molar-refractivity contribution in [2.75, 3.05) is 0 Å². The number of hydrogen-bond donors (Lipinski definition) is 1. The van der Waals surface area contributed by atoms with Crippen LogP contribution in [0.5, 0.6) is 5.75 Å². The molecule has 0 amide bonds. The zero-order valence-electron chi connectivity index (χ0n) is 16.1. The first-order valence-electron chi connectivity index (χ1n) is 9.37. The predicted octanol–water partition coefficient (Wildman–Crippen LogP) is 6.99. The normalized spacial score (nSPS) is 22.2. The van der Waals surface area contributed by atoms with Crippen LogP contribution >= 0.6 is 17.0 Å². The van der Waals surface area contributed by atoms with E-state index in [1.807, 2.05) is 37.4 Å². The summed E-state index contributed by atoms with van der Waals surface area (Å²) in [5.41, 5.74) is 3.88. The van der Waals surface area contributed by atoms with Gasteiger partial charge < -0.3 is 5.11 Å². The summed E-state index contributed by atoms with van der Waals surface area (Å²) in [5.74, 6) is 1.67. The number of benzene rings is 2. The molecular formula is C22H27Cl2NOZr. The molecule has 1 aliphatic rings. The number of hydrogen-bond acceptors (Lipinski definition) is 2. The summed E-state index contributed by atoms with van der Waals surface area (Å²) in [6.07, 6.45) is 5.61. The average molecular weight is 484 g/mol. The van der Waals surface area contributed by atoms with Crippen LogP contribution in [-0.2, 0) is 20.8 Å². The molecular weight excluding hydrogens is 456 g/mol. The summed E-state index contributed by atoms with van der Waals surface area (Å²) in [6.45, 7) is 6.57. The fourth-order valence-corrected chi connectivity index (χ4v) is 3.65. The summed E-state index contributed by atoms with van der Waals surface area (Å²) < 4.78 is 0. The monoisotopic (exact) mass is 481 g/mol. The summed E-state index contributed by atoms with van der Waals surface area (Å²) in [5, 5.41) is 10.6. The average Bonchev–Trinajstić information content (AvgIpc) is 2.67. The molecule has 3 atom stereocenters. The van der Waals surface area contributed by atoms with Crippen LogP contribution in [0.1, 0.15) is 44.2 Å². The van der Waals surface area contributed by atoms with E-state index in [2.05, 4.69) is 32.0 Å². The SMILES string of the molecule is Cc1ccc(-c2ccccc2)c(C=NC2CCCC(C)C2C)c1O.[Cl][Zr][Cl]. The molecule has 1 N–H and O–H groups in total. The Hall–Kier alpha value is -0.627. The Kier molecular flexibility index (Phi) is 9.56. The van der Waals surface area contributed by atoms with E-state index in [4.69, 9.17) is 22.0 Å². The first kappa shape index (κ1) is 22.7. The van der Waals surface area contributed by atoms with Gasteiger partial charge in [0.2, 0.25) is 0 Å². The van der Waals surface area contributed by atoms with Crippen molar-refractivity contribution in [3.05, 3.63) is 53.6 Å². The van der Waals surface area contributed by atoms with E-state index in [0.29, 0.717) is 17.7 Å². The van der Waals surface area contributed by atoms with E-state index >= 15 is 0 Å². The second-order valence-corrected chi connectivity index (χ2v) is 11.0. The van der Waals surface area contributed by atoms with Crippen LogP contribution in [0.3, 0.4) is 0 Å². The molecule has 0 aromatic heterocycles. The zero-order valence-corrected chi connectivity index (χ0v) is 20.1. The van der Waals surface area contributed by atoms with Crippen LogP contribution in [0, 0.1) is 18.8 Å².